The third-order valence-corrected chi connectivity index (χ3v) is 2.16. The van der Waals surface area contributed by atoms with Gasteiger partial charge in [0.05, 0.1) is 0 Å². The van der Waals surface area contributed by atoms with Crippen molar-refractivity contribution in [1.29, 1.82) is 0 Å². The van der Waals surface area contributed by atoms with Gasteiger partial charge in [-0.05, 0) is 26.0 Å². The van der Waals surface area contributed by atoms with Crippen LogP contribution < -0.4 is 0 Å². The van der Waals surface area contributed by atoms with E-state index in [1.165, 1.54) is 17.3 Å². The van der Waals surface area contributed by atoms with Gasteiger partial charge in [-0.2, -0.15) is 0 Å². The number of aliphatic hydroxyl groups excluding tert-OH is 1. The summed E-state index contributed by atoms with van der Waals surface area (Å²) in [6.45, 7) is 3.82. The fourth-order valence-electron chi connectivity index (χ4n) is 0.886. The minimum atomic E-state index is -0.322. The lowest BCUT2D eigenvalue weighted by atomic mass is 10.2. The highest BCUT2D eigenvalue weighted by molar-refractivity contribution is 7.99. The topological polar surface area (TPSA) is 20.2 Å². The van der Waals surface area contributed by atoms with Crippen molar-refractivity contribution in [3.05, 3.63) is 29.8 Å². The molecule has 2 heteroatoms. The van der Waals surface area contributed by atoms with Crippen LogP contribution >= 0.6 is 11.8 Å². The summed E-state index contributed by atoms with van der Waals surface area (Å²) in [6.07, 6.45) is 0. The second-order valence-corrected chi connectivity index (χ2v) is 3.92. The monoisotopic (exact) mass is 168 g/mol. The Morgan fingerprint density at radius 3 is 2.73 bits per heavy atom. The van der Waals surface area contributed by atoms with E-state index in [0.29, 0.717) is 0 Å². The lowest BCUT2D eigenvalue weighted by Crippen LogP contribution is -1.90. The number of thioether (sulfide) groups is 1. The van der Waals surface area contributed by atoms with Crippen LogP contribution in [0, 0.1) is 6.92 Å². The molecular weight excluding hydrogens is 156 g/mol. The van der Waals surface area contributed by atoms with E-state index in [1.54, 1.807) is 6.92 Å². The smallest absolute Gasteiger partial charge is 0.101 e. The molecule has 0 aliphatic rings. The Morgan fingerprint density at radius 2 is 2.18 bits per heavy atom. The molecule has 11 heavy (non-hydrogen) atoms. The zero-order chi connectivity index (χ0) is 8.27. The van der Waals surface area contributed by atoms with Gasteiger partial charge in [-0.15, -0.1) is 0 Å². The van der Waals surface area contributed by atoms with Crippen molar-refractivity contribution < 1.29 is 5.11 Å². The second kappa shape index (κ2) is 3.79. The summed E-state index contributed by atoms with van der Waals surface area (Å²) in [5.74, 6) is 0. The van der Waals surface area contributed by atoms with Gasteiger partial charge >= 0.3 is 0 Å². The molecule has 0 saturated carbocycles. The van der Waals surface area contributed by atoms with Gasteiger partial charge < -0.3 is 5.11 Å². The molecule has 1 N–H and O–H groups in total. The molecule has 1 aromatic carbocycles. The first-order chi connectivity index (χ1) is 5.18. The highest BCUT2D eigenvalue weighted by Gasteiger charge is 1.97. The van der Waals surface area contributed by atoms with Gasteiger partial charge in [0, 0.05) is 4.90 Å². The van der Waals surface area contributed by atoms with Crippen LogP contribution in [-0.2, 0) is 0 Å². The highest BCUT2D eigenvalue weighted by atomic mass is 32.2. The van der Waals surface area contributed by atoms with Crippen LogP contribution in [0.2, 0.25) is 0 Å². The van der Waals surface area contributed by atoms with Gasteiger partial charge in [-0.3, -0.25) is 0 Å². The molecule has 0 amide bonds. The van der Waals surface area contributed by atoms with Crippen molar-refractivity contribution in [3.8, 4) is 0 Å². The molecule has 1 aromatic rings. The summed E-state index contributed by atoms with van der Waals surface area (Å²) in [6, 6.07) is 8.12. The number of hydrogen-bond donors (Lipinski definition) is 1. The van der Waals surface area contributed by atoms with Crippen LogP contribution in [0.1, 0.15) is 12.5 Å². The minimum Gasteiger partial charge on any atom is -0.382 e. The first kappa shape index (κ1) is 8.62. The maximum atomic E-state index is 9.06. The van der Waals surface area contributed by atoms with Gasteiger partial charge in [0.15, 0.2) is 0 Å². The van der Waals surface area contributed by atoms with Gasteiger partial charge in [0.1, 0.15) is 5.44 Å². The SMILES string of the molecule is Cc1cccc(SC(C)O)c1. The molecule has 0 radical (unpaired) electrons. The Bertz CT molecular complexity index is 233. The zero-order valence-corrected chi connectivity index (χ0v) is 7.56. The van der Waals surface area contributed by atoms with E-state index in [9.17, 15) is 0 Å². The number of benzene rings is 1. The fourth-order valence-corrected chi connectivity index (χ4v) is 1.69. The Balaban J connectivity index is 2.71. The van der Waals surface area contributed by atoms with Crippen LogP contribution in [0.5, 0.6) is 0 Å². The largest absolute Gasteiger partial charge is 0.382 e. The number of aliphatic hydroxyl groups is 1. The normalized spacial score (nSPS) is 13.0. The van der Waals surface area contributed by atoms with Gasteiger partial charge in [-0.25, -0.2) is 0 Å². The Morgan fingerprint density at radius 1 is 1.45 bits per heavy atom. The van der Waals surface area contributed by atoms with Crippen molar-refractivity contribution in [2.24, 2.45) is 0 Å². The Labute approximate surface area is 71.4 Å². The number of hydrogen-bond acceptors (Lipinski definition) is 2. The summed E-state index contributed by atoms with van der Waals surface area (Å²) in [4.78, 5) is 1.13. The van der Waals surface area contributed by atoms with E-state index in [0.717, 1.165) is 4.90 Å². The third-order valence-electron chi connectivity index (χ3n) is 1.30. The molecule has 0 saturated heterocycles. The predicted molar refractivity (Wildman–Crippen MR) is 48.7 cm³/mol. The molecule has 1 nitrogen and oxygen atoms in total. The van der Waals surface area contributed by atoms with E-state index in [4.69, 9.17) is 5.11 Å². The average Bonchev–Trinajstić information content (AvgIpc) is 1.85. The number of aryl methyl sites for hydroxylation is 1. The lowest BCUT2D eigenvalue weighted by molar-refractivity contribution is 0.284. The highest BCUT2D eigenvalue weighted by Crippen LogP contribution is 2.21. The molecule has 0 aliphatic heterocycles. The van der Waals surface area contributed by atoms with E-state index >= 15 is 0 Å². The van der Waals surface area contributed by atoms with Crippen molar-refractivity contribution >= 4 is 11.8 Å². The minimum absolute atomic E-state index is 0.322. The van der Waals surface area contributed by atoms with Crippen molar-refractivity contribution in [2.75, 3.05) is 0 Å². The summed E-state index contributed by atoms with van der Waals surface area (Å²) in [5.41, 5.74) is 0.910. The zero-order valence-electron chi connectivity index (χ0n) is 6.74. The van der Waals surface area contributed by atoms with E-state index in [2.05, 4.69) is 6.07 Å². The molecule has 1 unspecified atom stereocenters. The van der Waals surface area contributed by atoms with Crippen LogP contribution in [0.15, 0.2) is 29.2 Å². The summed E-state index contributed by atoms with van der Waals surface area (Å²) in [5, 5.41) is 9.06. The summed E-state index contributed by atoms with van der Waals surface area (Å²) < 4.78 is 0. The Hall–Kier alpha value is -0.470. The fraction of sp³-hybridized carbons (Fsp3) is 0.333. The number of rotatable bonds is 2. The molecule has 0 spiro atoms. The van der Waals surface area contributed by atoms with E-state index < -0.39 is 0 Å². The maximum absolute atomic E-state index is 9.06. The first-order valence-corrected chi connectivity index (χ1v) is 4.48. The van der Waals surface area contributed by atoms with E-state index in [-0.39, 0.29) is 5.44 Å². The molecular formula is C9H12OS. The second-order valence-electron chi connectivity index (χ2n) is 2.53. The molecule has 0 bridgehead atoms. The van der Waals surface area contributed by atoms with E-state index in [1.807, 2.05) is 25.1 Å². The molecule has 0 aromatic heterocycles. The van der Waals surface area contributed by atoms with Gasteiger partial charge in [0.2, 0.25) is 0 Å². The van der Waals surface area contributed by atoms with Crippen molar-refractivity contribution in [1.82, 2.24) is 0 Å². The molecule has 0 heterocycles. The molecule has 1 rings (SSSR count). The molecule has 1 atom stereocenters. The summed E-state index contributed by atoms with van der Waals surface area (Å²) >= 11 is 1.47. The van der Waals surface area contributed by atoms with Crippen LogP contribution in [0.3, 0.4) is 0 Å². The van der Waals surface area contributed by atoms with Gasteiger partial charge in [0.25, 0.3) is 0 Å². The van der Waals surface area contributed by atoms with Crippen molar-refractivity contribution in [3.63, 3.8) is 0 Å². The lowest BCUT2D eigenvalue weighted by Gasteiger charge is -2.03. The standard InChI is InChI=1S/C9H12OS/c1-7-4-3-5-9(6-7)11-8(2)10/h3-6,8,10H,1-2H3. The molecule has 0 aliphatic carbocycles. The molecule has 0 fully saturated rings. The van der Waals surface area contributed by atoms with Crippen molar-refractivity contribution in [2.45, 2.75) is 24.2 Å². The maximum Gasteiger partial charge on any atom is 0.101 e. The van der Waals surface area contributed by atoms with Crippen LogP contribution in [0.4, 0.5) is 0 Å². The average molecular weight is 168 g/mol. The quantitative estimate of drug-likeness (QED) is 0.540. The predicted octanol–water partition coefficient (Wildman–Crippen LogP) is 2.43. The Kier molecular flexibility index (Phi) is 2.97. The van der Waals surface area contributed by atoms with Crippen LogP contribution in [0.25, 0.3) is 0 Å². The third kappa shape index (κ3) is 2.95. The van der Waals surface area contributed by atoms with Gasteiger partial charge in [-0.1, -0.05) is 29.5 Å². The van der Waals surface area contributed by atoms with Crippen LogP contribution in [-0.4, -0.2) is 10.5 Å². The molecule has 60 valence electrons. The summed E-state index contributed by atoms with van der Waals surface area (Å²) in [7, 11) is 0. The first-order valence-electron chi connectivity index (χ1n) is 3.60.